The molecule has 7 heteroatoms. The van der Waals surface area contributed by atoms with E-state index >= 15 is 0 Å². The number of carbonyl (C=O) groups is 2. The molecule has 2 bridgehead atoms. The number of carbonyl (C=O) groups excluding carboxylic acids is 2. The maximum Gasteiger partial charge on any atom is 0.347 e. The normalized spacial score (nSPS) is 27.6. The zero-order valence-corrected chi connectivity index (χ0v) is 10.8. The smallest absolute Gasteiger partial charge is 0.347 e. The molecule has 0 spiro atoms. The molecule has 2 fully saturated rings. The lowest BCUT2D eigenvalue weighted by Crippen LogP contribution is -2.28. The molecule has 0 aromatic carbocycles. The van der Waals surface area contributed by atoms with E-state index in [9.17, 15) is 9.59 Å². The number of rotatable bonds is 0. The zero-order valence-electron chi connectivity index (χ0n) is 10.8. The van der Waals surface area contributed by atoms with Gasteiger partial charge in [0, 0.05) is 26.1 Å². The first-order chi connectivity index (χ1) is 9.27. The van der Waals surface area contributed by atoms with Gasteiger partial charge in [-0.25, -0.2) is 4.79 Å². The van der Waals surface area contributed by atoms with E-state index in [4.69, 9.17) is 14.4 Å². The molecular weight excluding hydrogens is 254 g/mol. The molecular formula is C12H19NO6. The maximum absolute atomic E-state index is 11.7. The highest BCUT2D eigenvalue weighted by Crippen LogP contribution is 2.19. The molecule has 0 aromatic heterocycles. The van der Waals surface area contributed by atoms with E-state index < -0.39 is 11.9 Å². The fourth-order valence-electron chi connectivity index (χ4n) is 2.09. The fourth-order valence-corrected chi connectivity index (χ4v) is 2.09. The van der Waals surface area contributed by atoms with Crippen molar-refractivity contribution in [2.24, 2.45) is 5.92 Å². The van der Waals surface area contributed by atoms with Gasteiger partial charge in [-0.1, -0.05) is 0 Å². The van der Waals surface area contributed by atoms with Crippen molar-refractivity contribution in [3.8, 4) is 0 Å². The summed E-state index contributed by atoms with van der Waals surface area (Å²) in [5.74, 6) is -0.932. The Labute approximate surface area is 111 Å². The van der Waals surface area contributed by atoms with Crippen LogP contribution in [-0.2, 0) is 28.8 Å². The molecule has 2 aliphatic heterocycles. The Hall–Kier alpha value is -1.18. The first-order valence-electron chi connectivity index (χ1n) is 6.54. The van der Waals surface area contributed by atoms with Gasteiger partial charge in [0.1, 0.15) is 6.61 Å². The van der Waals surface area contributed by atoms with Gasteiger partial charge in [0.2, 0.25) is 5.91 Å². The second kappa shape index (κ2) is 7.42. The SMILES string of the molecule is O=C1OOCCOCCOCCCN2CC1CC2=O. The Morgan fingerprint density at radius 3 is 2.58 bits per heavy atom. The molecule has 0 N–H and O–H groups in total. The van der Waals surface area contributed by atoms with Crippen LogP contribution in [0.5, 0.6) is 0 Å². The van der Waals surface area contributed by atoms with Crippen LogP contribution < -0.4 is 0 Å². The molecule has 1 unspecified atom stereocenters. The summed E-state index contributed by atoms with van der Waals surface area (Å²) < 4.78 is 10.6. The highest BCUT2D eigenvalue weighted by atomic mass is 17.2. The summed E-state index contributed by atoms with van der Waals surface area (Å²) >= 11 is 0. The molecule has 7 nitrogen and oxygen atoms in total. The van der Waals surface area contributed by atoms with Gasteiger partial charge >= 0.3 is 5.97 Å². The van der Waals surface area contributed by atoms with Crippen molar-refractivity contribution in [2.45, 2.75) is 12.8 Å². The minimum absolute atomic E-state index is 0.0163. The molecule has 2 heterocycles. The highest BCUT2D eigenvalue weighted by Gasteiger charge is 2.35. The molecule has 2 aliphatic rings. The predicted octanol–water partition coefficient (Wildman–Crippen LogP) is -0.253. The van der Waals surface area contributed by atoms with Gasteiger partial charge in [-0.05, 0) is 6.42 Å². The summed E-state index contributed by atoms with van der Waals surface area (Å²) in [5, 5.41) is 0. The average Bonchev–Trinajstić information content (AvgIpc) is 2.76. The Morgan fingerprint density at radius 1 is 1.00 bits per heavy atom. The Bertz CT molecular complexity index is 321. The third kappa shape index (κ3) is 4.45. The first kappa shape index (κ1) is 14.2. The van der Waals surface area contributed by atoms with Crippen LogP contribution in [0.3, 0.4) is 0 Å². The van der Waals surface area contributed by atoms with Crippen molar-refractivity contribution in [3.05, 3.63) is 0 Å². The summed E-state index contributed by atoms with van der Waals surface area (Å²) in [6.07, 6.45) is 0.948. The molecule has 0 radical (unpaired) electrons. The summed E-state index contributed by atoms with van der Waals surface area (Å²) in [7, 11) is 0. The van der Waals surface area contributed by atoms with Crippen LogP contribution in [0.15, 0.2) is 0 Å². The maximum atomic E-state index is 11.7. The second-order valence-electron chi connectivity index (χ2n) is 4.54. The van der Waals surface area contributed by atoms with E-state index in [0.29, 0.717) is 39.5 Å². The molecule has 0 aromatic rings. The lowest BCUT2D eigenvalue weighted by atomic mass is 10.1. The molecule has 108 valence electrons. The fraction of sp³-hybridized carbons (Fsp3) is 0.833. The summed E-state index contributed by atoms with van der Waals surface area (Å²) in [5.41, 5.74) is 0. The molecule has 2 saturated heterocycles. The zero-order chi connectivity index (χ0) is 13.5. The van der Waals surface area contributed by atoms with Crippen LogP contribution in [0.1, 0.15) is 12.8 Å². The van der Waals surface area contributed by atoms with Crippen molar-refractivity contribution in [2.75, 3.05) is 46.1 Å². The summed E-state index contributed by atoms with van der Waals surface area (Å²) in [6.45, 7) is 3.09. The molecule has 1 atom stereocenters. The van der Waals surface area contributed by atoms with Crippen LogP contribution in [0.2, 0.25) is 0 Å². The third-order valence-electron chi connectivity index (χ3n) is 3.09. The standard InChI is InChI=1S/C12H19NO6/c14-11-8-10-9-13(11)2-1-3-16-4-5-17-6-7-18-19-12(10)15/h10H,1-9H2. The van der Waals surface area contributed by atoms with E-state index in [1.54, 1.807) is 4.90 Å². The minimum atomic E-state index is -0.484. The largest absolute Gasteiger partial charge is 0.379 e. The van der Waals surface area contributed by atoms with Crippen LogP contribution in [0.4, 0.5) is 0 Å². The number of nitrogens with zero attached hydrogens (tertiary/aromatic N) is 1. The molecule has 19 heavy (non-hydrogen) atoms. The van der Waals surface area contributed by atoms with Gasteiger partial charge in [-0.2, -0.15) is 4.89 Å². The van der Waals surface area contributed by atoms with Gasteiger partial charge in [0.05, 0.1) is 25.7 Å². The Kier molecular flexibility index (Phi) is 5.56. The topological polar surface area (TPSA) is 74.3 Å². The lowest BCUT2D eigenvalue weighted by Gasteiger charge is -2.15. The average molecular weight is 273 g/mol. The number of hydrogen-bond donors (Lipinski definition) is 0. The molecule has 2 rings (SSSR count). The van der Waals surface area contributed by atoms with Gasteiger partial charge in [0.15, 0.2) is 0 Å². The number of hydrogen-bond acceptors (Lipinski definition) is 6. The monoisotopic (exact) mass is 273 g/mol. The van der Waals surface area contributed by atoms with E-state index in [-0.39, 0.29) is 18.9 Å². The molecule has 1 amide bonds. The van der Waals surface area contributed by atoms with E-state index in [1.165, 1.54) is 0 Å². The van der Waals surface area contributed by atoms with Gasteiger partial charge < -0.3 is 14.4 Å². The van der Waals surface area contributed by atoms with Crippen molar-refractivity contribution in [3.63, 3.8) is 0 Å². The van der Waals surface area contributed by atoms with Gasteiger partial charge in [-0.3, -0.25) is 9.68 Å². The van der Waals surface area contributed by atoms with E-state index in [1.807, 2.05) is 0 Å². The Balaban J connectivity index is 1.85. The van der Waals surface area contributed by atoms with Gasteiger partial charge in [-0.15, -0.1) is 0 Å². The van der Waals surface area contributed by atoms with Crippen LogP contribution >= 0.6 is 0 Å². The Morgan fingerprint density at radius 2 is 1.74 bits per heavy atom. The number of ether oxygens (including phenoxy) is 2. The van der Waals surface area contributed by atoms with Crippen molar-refractivity contribution in [1.82, 2.24) is 4.90 Å². The van der Waals surface area contributed by atoms with Crippen molar-refractivity contribution in [1.29, 1.82) is 0 Å². The minimum Gasteiger partial charge on any atom is -0.379 e. The quantitative estimate of drug-likeness (QED) is 0.566. The highest BCUT2D eigenvalue weighted by molar-refractivity contribution is 5.86. The van der Waals surface area contributed by atoms with Crippen LogP contribution in [0, 0.1) is 5.92 Å². The number of fused-ring (bicyclic) bond motifs is 2. The predicted molar refractivity (Wildman–Crippen MR) is 63.0 cm³/mol. The summed E-state index contributed by atoms with van der Waals surface area (Å²) in [6, 6.07) is 0. The second-order valence-corrected chi connectivity index (χ2v) is 4.54. The van der Waals surface area contributed by atoms with E-state index in [2.05, 4.69) is 4.89 Å². The third-order valence-corrected chi connectivity index (χ3v) is 3.09. The molecule has 0 aliphatic carbocycles. The molecule has 0 saturated carbocycles. The van der Waals surface area contributed by atoms with Crippen molar-refractivity contribution >= 4 is 11.9 Å². The number of amides is 1. The van der Waals surface area contributed by atoms with Crippen LogP contribution in [-0.4, -0.2) is 62.9 Å². The lowest BCUT2D eigenvalue weighted by molar-refractivity contribution is -0.279. The first-order valence-corrected chi connectivity index (χ1v) is 6.54. The van der Waals surface area contributed by atoms with Gasteiger partial charge in [0.25, 0.3) is 0 Å². The van der Waals surface area contributed by atoms with E-state index in [0.717, 1.165) is 6.42 Å². The van der Waals surface area contributed by atoms with Crippen LogP contribution in [0.25, 0.3) is 0 Å². The summed E-state index contributed by atoms with van der Waals surface area (Å²) in [4.78, 5) is 34.5. The van der Waals surface area contributed by atoms with Crippen molar-refractivity contribution < 1.29 is 28.8 Å².